The molecule has 0 spiro atoms. The molecule has 0 aromatic carbocycles. The van der Waals surface area contributed by atoms with Gasteiger partial charge in [0.2, 0.25) is 11.9 Å². The molecule has 7 nitrogen and oxygen atoms in total. The Morgan fingerprint density at radius 2 is 2.00 bits per heavy atom. The Morgan fingerprint density at radius 1 is 1.23 bits per heavy atom. The molecule has 30 heavy (non-hydrogen) atoms. The van der Waals surface area contributed by atoms with E-state index in [1.165, 1.54) is 0 Å². The number of aryl methyl sites for hydroxylation is 1. The monoisotopic (exact) mass is 427 g/mol. The highest BCUT2D eigenvalue weighted by Gasteiger charge is 2.40. The maximum Gasteiger partial charge on any atom is 0.433 e. The third-order valence-electron chi connectivity index (χ3n) is 6.18. The topological polar surface area (TPSA) is 70.6 Å². The van der Waals surface area contributed by atoms with Crippen LogP contribution in [0.25, 0.3) is 0 Å². The average molecular weight is 427 g/mol. The number of carbonyl (C=O) groups is 1. The van der Waals surface area contributed by atoms with Crippen LogP contribution < -0.4 is 5.32 Å². The fourth-order valence-electron chi connectivity index (χ4n) is 4.62. The Kier molecular flexibility index (Phi) is 5.89. The third-order valence-corrected chi connectivity index (χ3v) is 6.18. The summed E-state index contributed by atoms with van der Waals surface area (Å²) in [6.07, 6.45) is -1.03. The smallest absolute Gasteiger partial charge is 0.375 e. The van der Waals surface area contributed by atoms with Crippen molar-refractivity contribution >= 4 is 11.9 Å². The van der Waals surface area contributed by atoms with Crippen molar-refractivity contribution in [2.75, 3.05) is 39.1 Å². The van der Waals surface area contributed by atoms with E-state index in [1.807, 2.05) is 0 Å². The number of fused-ring (bicyclic) bond motifs is 2. The number of nitrogens with zero attached hydrogens (tertiary/aromatic N) is 4. The summed E-state index contributed by atoms with van der Waals surface area (Å²) in [5, 5.41) is 3.14. The molecule has 0 radical (unpaired) electrons. The number of halogens is 3. The van der Waals surface area contributed by atoms with Crippen molar-refractivity contribution < 1.29 is 22.7 Å². The number of aromatic nitrogens is 2. The van der Waals surface area contributed by atoms with Crippen LogP contribution in [0.15, 0.2) is 0 Å². The first-order chi connectivity index (χ1) is 14.2. The molecular formula is C20H28F3N5O2. The second kappa shape index (κ2) is 8.30. The molecule has 2 fully saturated rings. The van der Waals surface area contributed by atoms with E-state index in [9.17, 15) is 18.0 Å². The number of hydrogen-bond acceptors (Lipinski definition) is 6. The lowest BCUT2D eigenvalue weighted by molar-refractivity contribution is -0.142. The number of anilines is 1. The number of ether oxygens (including phenoxy) is 1. The van der Waals surface area contributed by atoms with Crippen LogP contribution >= 0.6 is 0 Å². The lowest BCUT2D eigenvalue weighted by Crippen LogP contribution is -2.47. The van der Waals surface area contributed by atoms with Gasteiger partial charge in [-0.05, 0) is 32.1 Å². The van der Waals surface area contributed by atoms with Gasteiger partial charge in [-0.2, -0.15) is 13.2 Å². The zero-order chi connectivity index (χ0) is 21.5. The fraction of sp³-hybridized carbons (Fsp3) is 0.750. The summed E-state index contributed by atoms with van der Waals surface area (Å²) in [5.41, 5.74) is -0.0200. The third kappa shape index (κ3) is 4.54. The van der Waals surface area contributed by atoms with E-state index in [0.29, 0.717) is 44.7 Å². The molecule has 1 aromatic heterocycles. The summed E-state index contributed by atoms with van der Waals surface area (Å²) >= 11 is 0. The maximum absolute atomic E-state index is 13.5. The van der Waals surface area contributed by atoms with E-state index in [1.54, 1.807) is 19.0 Å². The predicted molar refractivity (Wildman–Crippen MR) is 104 cm³/mol. The molecule has 4 rings (SSSR count). The first-order valence-electron chi connectivity index (χ1n) is 10.5. The second-order valence-corrected chi connectivity index (χ2v) is 8.66. The van der Waals surface area contributed by atoms with Crippen LogP contribution in [-0.2, 0) is 28.5 Å². The van der Waals surface area contributed by atoms with Gasteiger partial charge in [0.1, 0.15) is 0 Å². The largest absolute Gasteiger partial charge is 0.433 e. The standard InChI is InChI=1S/C20H28F3N5O2/c1-27(2)17(29)8-14-10-28-9-12(7-13(28)11-30-14)24-19-25-16-6-4-3-5-15(16)18(26-19)20(21,22)23/h12-14H,3-11H2,1-2H3,(H,24,25,26)/t12-,13-,14-/m0/s1. The van der Waals surface area contributed by atoms with Gasteiger partial charge in [-0.15, -0.1) is 0 Å². The fourth-order valence-corrected chi connectivity index (χ4v) is 4.62. The molecule has 3 atom stereocenters. The van der Waals surface area contributed by atoms with Crippen molar-refractivity contribution in [3.8, 4) is 0 Å². The van der Waals surface area contributed by atoms with Crippen LogP contribution in [0.4, 0.5) is 19.1 Å². The summed E-state index contributed by atoms with van der Waals surface area (Å²) in [6, 6.07) is 0.137. The van der Waals surface area contributed by atoms with Crippen molar-refractivity contribution in [2.24, 2.45) is 0 Å². The molecule has 0 unspecified atom stereocenters. The number of carbonyl (C=O) groups excluding carboxylic acids is 1. The van der Waals surface area contributed by atoms with Gasteiger partial charge in [0.15, 0.2) is 5.69 Å². The summed E-state index contributed by atoms with van der Waals surface area (Å²) < 4.78 is 46.5. The Bertz CT molecular complexity index is 801. The highest BCUT2D eigenvalue weighted by atomic mass is 19.4. The van der Waals surface area contributed by atoms with Crippen molar-refractivity contribution in [3.63, 3.8) is 0 Å². The molecule has 2 aliphatic heterocycles. The molecule has 3 heterocycles. The predicted octanol–water partition coefficient (Wildman–Crippen LogP) is 2.11. The van der Waals surface area contributed by atoms with Gasteiger partial charge in [-0.1, -0.05) is 0 Å². The van der Waals surface area contributed by atoms with E-state index in [0.717, 1.165) is 19.3 Å². The maximum atomic E-state index is 13.5. The van der Waals surface area contributed by atoms with Gasteiger partial charge in [0.05, 0.1) is 19.1 Å². The van der Waals surface area contributed by atoms with Gasteiger partial charge in [0.25, 0.3) is 0 Å². The molecule has 2 saturated heterocycles. The first-order valence-corrected chi connectivity index (χ1v) is 10.5. The zero-order valence-electron chi connectivity index (χ0n) is 17.3. The minimum absolute atomic E-state index is 0.0226. The van der Waals surface area contributed by atoms with Gasteiger partial charge >= 0.3 is 6.18 Å². The van der Waals surface area contributed by atoms with E-state index in [-0.39, 0.29) is 35.6 Å². The van der Waals surface area contributed by atoms with E-state index in [4.69, 9.17) is 4.74 Å². The summed E-state index contributed by atoms with van der Waals surface area (Å²) in [6.45, 7) is 1.83. The van der Waals surface area contributed by atoms with Crippen LogP contribution in [0.3, 0.4) is 0 Å². The van der Waals surface area contributed by atoms with Crippen LogP contribution in [0, 0.1) is 0 Å². The Labute approximate surface area is 174 Å². The van der Waals surface area contributed by atoms with Crippen LogP contribution in [0.1, 0.15) is 42.6 Å². The number of hydrogen-bond donors (Lipinski definition) is 1. The van der Waals surface area contributed by atoms with Crippen LogP contribution in [0.5, 0.6) is 0 Å². The second-order valence-electron chi connectivity index (χ2n) is 8.66. The summed E-state index contributed by atoms with van der Waals surface area (Å²) in [4.78, 5) is 24.0. The molecule has 1 aromatic rings. The van der Waals surface area contributed by atoms with Crippen LogP contribution in [0.2, 0.25) is 0 Å². The highest BCUT2D eigenvalue weighted by Crippen LogP contribution is 2.35. The van der Waals surface area contributed by atoms with Gasteiger partial charge in [-0.3, -0.25) is 9.69 Å². The van der Waals surface area contributed by atoms with Crippen molar-refractivity contribution in [2.45, 2.75) is 62.9 Å². The Balaban J connectivity index is 1.43. The number of amides is 1. The van der Waals surface area contributed by atoms with E-state index in [2.05, 4.69) is 20.2 Å². The Morgan fingerprint density at radius 3 is 2.73 bits per heavy atom. The minimum Gasteiger partial charge on any atom is -0.375 e. The minimum atomic E-state index is -4.48. The van der Waals surface area contributed by atoms with Gasteiger partial charge in [0, 0.05) is 50.5 Å². The van der Waals surface area contributed by atoms with Gasteiger partial charge < -0.3 is 15.0 Å². The lowest BCUT2D eigenvalue weighted by Gasteiger charge is -2.35. The number of rotatable bonds is 4. The molecule has 1 amide bonds. The highest BCUT2D eigenvalue weighted by molar-refractivity contribution is 5.76. The Hall–Kier alpha value is -1.94. The van der Waals surface area contributed by atoms with Crippen molar-refractivity contribution in [3.05, 3.63) is 17.0 Å². The summed E-state index contributed by atoms with van der Waals surface area (Å²) in [5.74, 6) is 0.0857. The number of nitrogens with one attached hydrogen (secondary N) is 1. The normalized spacial score (nSPS) is 26.8. The molecule has 166 valence electrons. The van der Waals surface area contributed by atoms with E-state index >= 15 is 0 Å². The molecular weight excluding hydrogens is 399 g/mol. The lowest BCUT2D eigenvalue weighted by atomic mass is 9.94. The van der Waals surface area contributed by atoms with Crippen LogP contribution in [-0.4, -0.2) is 77.7 Å². The van der Waals surface area contributed by atoms with E-state index < -0.39 is 11.9 Å². The SMILES string of the molecule is CN(C)C(=O)C[C@H]1CN2C[C@@H](Nc3nc4c(c(C(F)(F)F)n3)CCCC4)C[C@H]2CO1. The molecule has 1 N–H and O–H groups in total. The average Bonchev–Trinajstić information content (AvgIpc) is 3.08. The molecule has 0 saturated carbocycles. The molecule has 0 bridgehead atoms. The molecule has 1 aliphatic carbocycles. The molecule has 3 aliphatic rings. The van der Waals surface area contributed by atoms with Crippen molar-refractivity contribution in [1.82, 2.24) is 19.8 Å². The first kappa shape index (κ1) is 21.3. The molecule has 10 heteroatoms. The summed E-state index contributed by atoms with van der Waals surface area (Å²) in [7, 11) is 3.44. The quantitative estimate of drug-likeness (QED) is 0.794. The van der Waals surface area contributed by atoms with Gasteiger partial charge in [-0.25, -0.2) is 9.97 Å². The number of alkyl halides is 3. The zero-order valence-corrected chi connectivity index (χ0v) is 17.3. The number of morpholine rings is 1. The van der Waals surface area contributed by atoms with Crippen molar-refractivity contribution in [1.29, 1.82) is 0 Å².